The molecule has 2 saturated heterocycles. The summed E-state index contributed by atoms with van der Waals surface area (Å²) in [6.45, 7) is 7.81. The molecule has 0 aromatic rings. The van der Waals surface area contributed by atoms with Crippen molar-refractivity contribution < 1.29 is 14.3 Å². The molecule has 0 N–H and O–H groups in total. The molecule has 20 heavy (non-hydrogen) atoms. The summed E-state index contributed by atoms with van der Waals surface area (Å²) in [6, 6.07) is 0.417. The fraction of sp³-hybridized carbons (Fsp3) is 0.933. The lowest BCUT2D eigenvalue weighted by atomic mass is 10.1. The van der Waals surface area contributed by atoms with Gasteiger partial charge in [-0.1, -0.05) is 0 Å². The Morgan fingerprint density at radius 2 is 2.20 bits per heavy atom. The summed E-state index contributed by atoms with van der Waals surface area (Å²) < 4.78 is 11.1. The number of ether oxygens (including phenoxy) is 2. The number of rotatable bonds is 6. The van der Waals surface area contributed by atoms with Gasteiger partial charge in [0.15, 0.2) is 0 Å². The molecular weight excluding hydrogens is 256 g/mol. The van der Waals surface area contributed by atoms with Gasteiger partial charge in [-0.15, -0.1) is 0 Å². The summed E-state index contributed by atoms with van der Waals surface area (Å²) in [5.41, 5.74) is 0. The number of carbonyl (C=O) groups is 1. The van der Waals surface area contributed by atoms with Gasteiger partial charge < -0.3 is 14.4 Å². The highest BCUT2D eigenvalue weighted by molar-refractivity contribution is 5.76. The van der Waals surface area contributed by atoms with Crippen molar-refractivity contribution in [1.29, 1.82) is 0 Å². The van der Waals surface area contributed by atoms with Gasteiger partial charge in [0.05, 0.1) is 31.8 Å². The van der Waals surface area contributed by atoms with Crippen LogP contribution in [0, 0.1) is 5.92 Å². The van der Waals surface area contributed by atoms with E-state index in [1.807, 2.05) is 11.8 Å². The first-order valence-corrected chi connectivity index (χ1v) is 7.99. The zero-order valence-electron chi connectivity index (χ0n) is 12.4. The Hall–Kier alpha value is -0.650. The van der Waals surface area contributed by atoms with Gasteiger partial charge in [0.2, 0.25) is 5.91 Å². The van der Waals surface area contributed by atoms with E-state index >= 15 is 0 Å². The van der Waals surface area contributed by atoms with E-state index in [0.29, 0.717) is 25.7 Å². The van der Waals surface area contributed by atoms with Gasteiger partial charge in [0, 0.05) is 32.8 Å². The normalized spacial score (nSPS) is 30.6. The van der Waals surface area contributed by atoms with Crippen LogP contribution in [0.1, 0.15) is 26.2 Å². The third kappa shape index (κ3) is 3.32. The Bertz CT molecular complexity index is 346. The molecule has 5 nitrogen and oxygen atoms in total. The molecule has 1 saturated carbocycles. The first kappa shape index (κ1) is 14.3. The fourth-order valence-electron chi connectivity index (χ4n) is 3.28. The van der Waals surface area contributed by atoms with Crippen molar-refractivity contribution in [2.24, 2.45) is 5.92 Å². The lowest BCUT2D eigenvalue weighted by molar-refractivity contribution is -0.131. The number of carbonyl (C=O) groups excluding carboxylic acids is 1. The molecule has 0 spiro atoms. The molecule has 3 rings (SSSR count). The van der Waals surface area contributed by atoms with Crippen LogP contribution in [0.3, 0.4) is 0 Å². The van der Waals surface area contributed by atoms with Crippen molar-refractivity contribution in [3.63, 3.8) is 0 Å². The molecule has 0 radical (unpaired) electrons. The minimum Gasteiger partial charge on any atom is -0.381 e. The van der Waals surface area contributed by atoms with E-state index in [1.54, 1.807) is 0 Å². The summed E-state index contributed by atoms with van der Waals surface area (Å²) in [6.07, 6.45) is 3.48. The third-order valence-corrected chi connectivity index (χ3v) is 4.62. The maximum absolute atomic E-state index is 12.2. The molecule has 114 valence electrons. The van der Waals surface area contributed by atoms with Crippen molar-refractivity contribution in [3.8, 4) is 0 Å². The fourth-order valence-corrected chi connectivity index (χ4v) is 3.28. The standard InChI is InChI=1S/C15H26N2O3/c1-2-19-7-5-15(18)17-10-13-14(11-17)20-8-6-16(13)9-12-3-4-12/h12-14H,2-11H2,1H3/t13-,14-/m0/s1. The Morgan fingerprint density at radius 1 is 1.35 bits per heavy atom. The third-order valence-electron chi connectivity index (χ3n) is 4.62. The SMILES string of the molecule is CCOCCC(=O)N1C[C@@H]2OCCN(CC3CC3)[C@H]2C1. The van der Waals surface area contributed by atoms with E-state index in [9.17, 15) is 4.79 Å². The van der Waals surface area contributed by atoms with Gasteiger partial charge in [0.1, 0.15) is 0 Å². The van der Waals surface area contributed by atoms with E-state index in [4.69, 9.17) is 9.47 Å². The molecule has 1 amide bonds. The molecule has 1 aliphatic carbocycles. The smallest absolute Gasteiger partial charge is 0.225 e. The minimum absolute atomic E-state index is 0.211. The molecule has 3 fully saturated rings. The van der Waals surface area contributed by atoms with Crippen LogP contribution >= 0.6 is 0 Å². The van der Waals surface area contributed by atoms with Crippen LogP contribution < -0.4 is 0 Å². The van der Waals surface area contributed by atoms with Crippen LogP contribution in [0.2, 0.25) is 0 Å². The largest absolute Gasteiger partial charge is 0.381 e. The van der Waals surface area contributed by atoms with Crippen molar-refractivity contribution in [2.45, 2.75) is 38.3 Å². The van der Waals surface area contributed by atoms with Crippen molar-refractivity contribution >= 4 is 5.91 Å². The lowest BCUT2D eigenvalue weighted by Crippen LogP contribution is -2.51. The molecule has 2 aliphatic heterocycles. The first-order chi connectivity index (χ1) is 9.78. The second-order valence-electron chi connectivity index (χ2n) is 6.16. The number of nitrogens with zero attached hydrogens (tertiary/aromatic N) is 2. The highest BCUT2D eigenvalue weighted by atomic mass is 16.5. The molecule has 0 bridgehead atoms. The van der Waals surface area contributed by atoms with Gasteiger partial charge in [-0.2, -0.15) is 0 Å². The second-order valence-corrected chi connectivity index (χ2v) is 6.16. The zero-order chi connectivity index (χ0) is 13.9. The van der Waals surface area contributed by atoms with E-state index in [1.165, 1.54) is 19.4 Å². The maximum Gasteiger partial charge on any atom is 0.225 e. The van der Waals surface area contributed by atoms with Gasteiger partial charge in [-0.05, 0) is 25.7 Å². The molecule has 0 aromatic heterocycles. The van der Waals surface area contributed by atoms with E-state index in [2.05, 4.69) is 4.90 Å². The number of hydrogen-bond donors (Lipinski definition) is 0. The number of amides is 1. The van der Waals surface area contributed by atoms with Crippen LogP contribution in [0.4, 0.5) is 0 Å². The highest BCUT2D eigenvalue weighted by Gasteiger charge is 2.42. The highest BCUT2D eigenvalue weighted by Crippen LogP contribution is 2.32. The molecule has 3 aliphatic rings. The van der Waals surface area contributed by atoms with Gasteiger partial charge >= 0.3 is 0 Å². The Labute approximate surface area is 121 Å². The van der Waals surface area contributed by atoms with Crippen LogP contribution in [0.25, 0.3) is 0 Å². The summed E-state index contributed by atoms with van der Waals surface area (Å²) in [5.74, 6) is 1.11. The number of hydrogen-bond acceptors (Lipinski definition) is 4. The van der Waals surface area contributed by atoms with Crippen LogP contribution in [-0.4, -0.2) is 73.9 Å². The van der Waals surface area contributed by atoms with Crippen LogP contribution in [0.15, 0.2) is 0 Å². The monoisotopic (exact) mass is 282 g/mol. The van der Waals surface area contributed by atoms with Crippen molar-refractivity contribution in [1.82, 2.24) is 9.80 Å². The molecule has 0 unspecified atom stereocenters. The Kier molecular flexibility index (Phi) is 4.58. The topological polar surface area (TPSA) is 42.0 Å². The molecular formula is C15H26N2O3. The van der Waals surface area contributed by atoms with Crippen LogP contribution in [0.5, 0.6) is 0 Å². The Morgan fingerprint density at radius 3 is 2.95 bits per heavy atom. The Balaban J connectivity index is 1.51. The predicted molar refractivity (Wildman–Crippen MR) is 75.5 cm³/mol. The second kappa shape index (κ2) is 6.41. The molecule has 0 aromatic carbocycles. The summed E-state index contributed by atoms with van der Waals surface area (Å²) in [7, 11) is 0. The summed E-state index contributed by atoms with van der Waals surface area (Å²) in [4.78, 5) is 16.7. The average molecular weight is 282 g/mol. The molecule has 2 heterocycles. The maximum atomic E-state index is 12.2. The van der Waals surface area contributed by atoms with E-state index < -0.39 is 0 Å². The van der Waals surface area contributed by atoms with Gasteiger partial charge in [0.25, 0.3) is 0 Å². The van der Waals surface area contributed by atoms with E-state index in [-0.39, 0.29) is 12.0 Å². The lowest BCUT2D eigenvalue weighted by Gasteiger charge is -2.36. The summed E-state index contributed by atoms with van der Waals surface area (Å²) in [5, 5.41) is 0. The molecule has 2 atom stereocenters. The predicted octanol–water partition coefficient (Wildman–Crippen LogP) is 0.735. The van der Waals surface area contributed by atoms with Crippen molar-refractivity contribution in [3.05, 3.63) is 0 Å². The number of likely N-dealkylation sites (tertiary alicyclic amines) is 1. The number of fused-ring (bicyclic) bond motifs is 1. The molecule has 5 heteroatoms. The average Bonchev–Trinajstić information content (AvgIpc) is 3.15. The van der Waals surface area contributed by atoms with E-state index in [0.717, 1.165) is 32.2 Å². The van der Waals surface area contributed by atoms with Crippen molar-refractivity contribution in [2.75, 3.05) is 46.0 Å². The first-order valence-electron chi connectivity index (χ1n) is 7.99. The summed E-state index contributed by atoms with van der Waals surface area (Å²) >= 11 is 0. The quantitative estimate of drug-likeness (QED) is 0.674. The minimum atomic E-state index is 0.211. The van der Waals surface area contributed by atoms with Gasteiger partial charge in [-0.25, -0.2) is 0 Å². The van der Waals surface area contributed by atoms with Crippen LogP contribution in [-0.2, 0) is 14.3 Å². The van der Waals surface area contributed by atoms with Gasteiger partial charge in [-0.3, -0.25) is 9.69 Å². The zero-order valence-corrected chi connectivity index (χ0v) is 12.4. The number of morpholine rings is 1.